The Hall–Kier alpha value is -8.90. The van der Waals surface area contributed by atoms with E-state index in [0.29, 0.717) is 5.82 Å². The molecule has 4 aromatic heterocycles. The van der Waals surface area contributed by atoms with Crippen molar-refractivity contribution in [3.8, 4) is 67.5 Å². The fourth-order valence-corrected chi connectivity index (χ4v) is 11.5. The van der Waals surface area contributed by atoms with E-state index in [1.54, 1.807) is 0 Å². The monoisotopic (exact) mass is 896 g/mol. The van der Waals surface area contributed by atoms with Crippen molar-refractivity contribution in [1.82, 2.24) is 19.1 Å². The molecule has 4 heterocycles. The molecule has 0 saturated heterocycles. The summed E-state index contributed by atoms with van der Waals surface area (Å²) in [6.45, 7) is 0. The van der Waals surface area contributed by atoms with E-state index in [1.807, 2.05) is 23.5 Å². The van der Waals surface area contributed by atoms with Crippen LogP contribution in [-0.2, 0) is 0 Å². The summed E-state index contributed by atoms with van der Waals surface area (Å²) in [5.74, 6) is 0.714. The van der Waals surface area contributed by atoms with E-state index in [4.69, 9.17) is 9.97 Å². The molecular formula is C64H40N4S. The lowest BCUT2D eigenvalue weighted by Crippen LogP contribution is -1.95. The summed E-state index contributed by atoms with van der Waals surface area (Å²) in [4.78, 5) is 10.3. The number of hydrogen-bond acceptors (Lipinski definition) is 3. The molecule has 0 N–H and O–H groups in total. The fourth-order valence-electron chi connectivity index (χ4n) is 10.4. The lowest BCUT2D eigenvalue weighted by atomic mass is 9.98. The largest absolute Gasteiger partial charge is 0.309 e. The second kappa shape index (κ2) is 15.9. The summed E-state index contributed by atoms with van der Waals surface area (Å²) in [6, 6.07) is 87.6. The quantitative estimate of drug-likeness (QED) is 0.160. The molecule has 0 unspecified atom stereocenters. The van der Waals surface area contributed by atoms with Gasteiger partial charge in [-0.15, -0.1) is 11.3 Å². The summed E-state index contributed by atoms with van der Waals surface area (Å²) in [5, 5.41) is 7.37. The van der Waals surface area contributed by atoms with Crippen LogP contribution in [0.3, 0.4) is 0 Å². The van der Waals surface area contributed by atoms with E-state index in [2.05, 4.69) is 240 Å². The first kappa shape index (κ1) is 39.3. The van der Waals surface area contributed by atoms with Gasteiger partial charge in [-0.25, -0.2) is 9.97 Å². The Labute approximate surface area is 402 Å². The number of hydrogen-bond donors (Lipinski definition) is 0. The van der Waals surface area contributed by atoms with Gasteiger partial charge in [0, 0.05) is 69.8 Å². The number of thiophene rings is 1. The van der Waals surface area contributed by atoms with Gasteiger partial charge in [0.05, 0.1) is 33.5 Å². The lowest BCUT2D eigenvalue weighted by Gasteiger charge is -2.10. The van der Waals surface area contributed by atoms with Crippen molar-refractivity contribution in [1.29, 1.82) is 0 Å². The first-order valence-corrected chi connectivity index (χ1v) is 24.2. The lowest BCUT2D eigenvalue weighted by molar-refractivity contribution is 1.18. The van der Waals surface area contributed by atoms with Gasteiger partial charge in [0.1, 0.15) is 0 Å². The van der Waals surface area contributed by atoms with Gasteiger partial charge in [0.2, 0.25) is 0 Å². The number of benzene rings is 10. The fraction of sp³-hybridized carbons (Fsp3) is 0. The number of fused-ring (bicyclic) bond motifs is 9. The summed E-state index contributed by atoms with van der Waals surface area (Å²) < 4.78 is 7.28. The average molecular weight is 897 g/mol. The van der Waals surface area contributed by atoms with Gasteiger partial charge in [0.15, 0.2) is 5.82 Å². The van der Waals surface area contributed by atoms with Crippen molar-refractivity contribution in [3.05, 3.63) is 243 Å². The zero-order valence-corrected chi connectivity index (χ0v) is 38.1. The molecule has 0 radical (unpaired) electrons. The second-order valence-corrected chi connectivity index (χ2v) is 18.9. The van der Waals surface area contributed by atoms with Crippen LogP contribution in [0.15, 0.2) is 243 Å². The van der Waals surface area contributed by atoms with Crippen LogP contribution in [0.1, 0.15) is 0 Å². The van der Waals surface area contributed by atoms with Crippen LogP contribution < -0.4 is 0 Å². The van der Waals surface area contributed by atoms with Crippen molar-refractivity contribution >= 4 is 75.1 Å². The molecule has 0 atom stereocenters. The Kier molecular flexibility index (Phi) is 9.04. The highest BCUT2D eigenvalue weighted by Crippen LogP contribution is 2.42. The predicted octanol–water partition coefficient (Wildman–Crippen LogP) is 17.4. The molecule has 69 heavy (non-hydrogen) atoms. The number of aromatic nitrogens is 4. The van der Waals surface area contributed by atoms with E-state index in [-0.39, 0.29) is 0 Å². The van der Waals surface area contributed by atoms with E-state index in [0.717, 1.165) is 39.5 Å². The first-order chi connectivity index (χ1) is 34.2. The van der Waals surface area contributed by atoms with Crippen LogP contribution >= 0.6 is 11.3 Å². The Morgan fingerprint density at radius 2 is 0.623 bits per heavy atom. The highest BCUT2D eigenvalue weighted by atomic mass is 32.1. The molecule has 0 aliphatic carbocycles. The zero-order valence-electron chi connectivity index (χ0n) is 37.3. The van der Waals surface area contributed by atoms with Crippen molar-refractivity contribution < 1.29 is 0 Å². The van der Waals surface area contributed by atoms with Gasteiger partial charge in [-0.3, -0.25) is 0 Å². The van der Waals surface area contributed by atoms with Gasteiger partial charge in [-0.1, -0.05) is 140 Å². The van der Waals surface area contributed by atoms with E-state index in [9.17, 15) is 0 Å². The molecule has 0 saturated carbocycles. The molecule has 4 nitrogen and oxygen atoms in total. The predicted molar refractivity (Wildman–Crippen MR) is 291 cm³/mol. The van der Waals surface area contributed by atoms with Gasteiger partial charge < -0.3 is 9.13 Å². The van der Waals surface area contributed by atoms with Crippen LogP contribution in [0.2, 0.25) is 0 Å². The van der Waals surface area contributed by atoms with Crippen molar-refractivity contribution in [3.63, 3.8) is 0 Å². The third kappa shape index (κ3) is 6.58. The van der Waals surface area contributed by atoms with Gasteiger partial charge >= 0.3 is 0 Å². The minimum atomic E-state index is 0.714. The normalized spacial score (nSPS) is 11.8. The highest BCUT2D eigenvalue weighted by Gasteiger charge is 2.18. The molecule has 14 rings (SSSR count). The number of nitrogens with zero attached hydrogens (tertiary/aromatic N) is 4. The van der Waals surface area contributed by atoms with E-state index in [1.165, 1.54) is 86.0 Å². The SMILES string of the molecule is c1ccc(-c2cc(-c3ccccc3)nc(-c3ccc4sc5ccc(-c6ccc7c(c6)c6cc(-c8ccc9c(c8)c8ccccc8n9-c8ccccc8)ccc6n7-c6ccccc6)cc5c4c3)n2)cc1. The molecule has 0 amide bonds. The van der Waals surface area contributed by atoms with Crippen LogP contribution in [0.5, 0.6) is 0 Å². The minimum Gasteiger partial charge on any atom is -0.309 e. The zero-order chi connectivity index (χ0) is 45.4. The third-order valence-corrected chi connectivity index (χ3v) is 14.9. The van der Waals surface area contributed by atoms with Gasteiger partial charge in [0.25, 0.3) is 0 Å². The maximum Gasteiger partial charge on any atom is 0.160 e. The third-order valence-electron chi connectivity index (χ3n) is 13.7. The molecule has 0 spiro atoms. The highest BCUT2D eigenvalue weighted by molar-refractivity contribution is 7.25. The summed E-state index contributed by atoms with van der Waals surface area (Å²) in [6.07, 6.45) is 0. The molecule has 0 aliphatic rings. The van der Waals surface area contributed by atoms with E-state index < -0.39 is 0 Å². The average Bonchev–Trinajstić information content (AvgIpc) is 4.08. The van der Waals surface area contributed by atoms with Crippen molar-refractivity contribution in [2.45, 2.75) is 0 Å². The summed E-state index contributed by atoms with van der Waals surface area (Å²) in [5.41, 5.74) is 16.7. The molecule has 0 bridgehead atoms. The number of para-hydroxylation sites is 3. The molecule has 0 aliphatic heterocycles. The maximum atomic E-state index is 5.17. The Bertz CT molecular complexity index is 4230. The van der Waals surface area contributed by atoms with Gasteiger partial charge in [-0.05, 0) is 125 Å². The van der Waals surface area contributed by atoms with Crippen LogP contribution in [0.25, 0.3) is 131 Å². The molecule has 14 aromatic rings. The van der Waals surface area contributed by atoms with Crippen molar-refractivity contribution in [2.24, 2.45) is 0 Å². The maximum absolute atomic E-state index is 5.17. The summed E-state index contributed by atoms with van der Waals surface area (Å²) in [7, 11) is 0. The first-order valence-electron chi connectivity index (χ1n) is 23.4. The Morgan fingerprint density at radius 1 is 0.261 bits per heavy atom. The Morgan fingerprint density at radius 3 is 1.12 bits per heavy atom. The van der Waals surface area contributed by atoms with Crippen LogP contribution in [0.4, 0.5) is 0 Å². The summed E-state index contributed by atoms with van der Waals surface area (Å²) >= 11 is 1.83. The molecule has 5 heteroatoms. The molecular weight excluding hydrogens is 857 g/mol. The van der Waals surface area contributed by atoms with E-state index >= 15 is 0 Å². The smallest absolute Gasteiger partial charge is 0.160 e. The van der Waals surface area contributed by atoms with Gasteiger partial charge in [-0.2, -0.15) is 0 Å². The standard InChI is InChI=1S/C64H40N4S/c1-5-15-41(16-6-1)56-40-57(42-17-7-2-8-18-42)66-64(65-56)47-29-34-63-55(39-47)54-38-46(28-33-62(54)69-63)45-27-32-61-53(37-45)52-36-44(26-31-60(52)68(61)49-21-11-4-12-22-49)43-25-30-59-51(35-43)50-23-13-14-24-58(50)67(59)48-19-9-3-10-20-48/h1-40H. The topological polar surface area (TPSA) is 35.6 Å². The number of rotatable bonds is 7. The van der Waals surface area contributed by atoms with Crippen molar-refractivity contribution in [2.75, 3.05) is 0 Å². The Balaban J connectivity index is 0.904. The molecule has 0 fully saturated rings. The van der Waals surface area contributed by atoms with Crippen LogP contribution in [-0.4, -0.2) is 19.1 Å². The molecule has 10 aromatic carbocycles. The minimum absolute atomic E-state index is 0.714. The molecule has 322 valence electrons. The van der Waals surface area contributed by atoms with Crippen LogP contribution in [0, 0.1) is 0 Å². The second-order valence-electron chi connectivity index (χ2n) is 17.8.